The van der Waals surface area contributed by atoms with Gasteiger partial charge in [-0.15, -0.1) is 10.2 Å². The predicted molar refractivity (Wildman–Crippen MR) is 104 cm³/mol. The van der Waals surface area contributed by atoms with Crippen molar-refractivity contribution < 1.29 is 9.47 Å². The van der Waals surface area contributed by atoms with E-state index in [9.17, 15) is 0 Å². The normalized spacial score (nSPS) is 18.7. The van der Waals surface area contributed by atoms with E-state index in [1.54, 1.807) is 0 Å². The molecule has 6 heteroatoms. The van der Waals surface area contributed by atoms with Gasteiger partial charge >= 0.3 is 0 Å². The lowest BCUT2D eigenvalue weighted by Crippen LogP contribution is -2.23. The molecule has 0 radical (unpaired) electrons. The fourth-order valence-electron chi connectivity index (χ4n) is 3.35. The number of rotatable bonds is 5. The maximum atomic E-state index is 6.08. The molecule has 0 bridgehead atoms. The summed E-state index contributed by atoms with van der Waals surface area (Å²) in [4.78, 5) is 0. The Balaban J connectivity index is 1.54. The van der Waals surface area contributed by atoms with Gasteiger partial charge in [-0.25, -0.2) is 0 Å². The number of hydrogen-bond donors (Lipinski definition) is 0. The Bertz CT molecular complexity index is 930. The minimum absolute atomic E-state index is 0.452. The van der Waals surface area contributed by atoms with Gasteiger partial charge in [0.25, 0.3) is 5.12 Å². The van der Waals surface area contributed by atoms with Crippen molar-refractivity contribution in [3.05, 3.63) is 65.7 Å². The van der Waals surface area contributed by atoms with Crippen LogP contribution in [0.15, 0.2) is 59.8 Å². The molecule has 0 spiro atoms. The predicted octanol–water partition coefficient (Wildman–Crippen LogP) is 4.54. The second-order valence-corrected chi connectivity index (χ2v) is 8.10. The molecular weight excluding hydrogens is 358 g/mol. The van der Waals surface area contributed by atoms with E-state index in [2.05, 4.69) is 46.0 Å². The van der Waals surface area contributed by atoms with Crippen molar-refractivity contribution in [1.29, 1.82) is 0 Å². The van der Waals surface area contributed by atoms with Crippen molar-refractivity contribution in [3.8, 4) is 11.4 Å². The van der Waals surface area contributed by atoms with Gasteiger partial charge < -0.3 is 9.47 Å². The number of aryl methyl sites for hydroxylation is 1. The van der Waals surface area contributed by atoms with Crippen LogP contribution in [0.25, 0.3) is 11.4 Å². The number of aromatic nitrogens is 3. The maximum absolute atomic E-state index is 6.08. The zero-order chi connectivity index (χ0) is 18.3. The standard InChI is InChI=1S/C21H21N3O2S/c1-15-7-9-16(10-8-15)19-22-23-20(24(19)18-11-12-18)27-21(25-13-14-26-21)17-5-3-2-4-6-17/h2-10,18H,11-14H2,1H3. The highest BCUT2D eigenvalue weighted by Crippen LogP contribution is 2.49. The van der Waals surface area contributed by atoms with E-state index >= 15 is 0 Å². The minimum atomic E-state index is -0.856. The van der Waals surface area contributed by atoms with Crippen LogP contribution >= 0.6 is 11.8 Å². The quantitative estimate of drug-likeness (QED) is 0.651. The molecule has 138 valence electrons. The summed E-state index contributed by atoms with van der Waals surface area (Å²) in [6, 6.07) is 19.0. The van der Waals surface area contributed by atoms with E-state index in [0.717, 1.165) is 34.9 Å². The molecule has 0 amide bonds. The lowest BCUT2D eigenvalue weighted by Gasteiger charge is -2.26. The van der Waals surface area contributed by atoms with E-state index in [1.807, 2.05) is 30.3 Å². The Morgan fingerprint density at radius 3 is 2.33 bits per heavy atom. The zero-order valence-electron chi connectivity index (χ0n) is 15.2. The van der Waals surface area contributed by atoms with Gasteiger partial charge in [-0.05, 0) is 31.5 Å². The maximum Gasteiger partial charge on any atom is 0.253 e. The molecule has 2 aromatic carbocycles. The van der Waals surface area contributed by atoms with E-state index in [4.69, 9.17) is 9.47 Å². The average Bonchev–Trinajstić information content (AvgIpc) is 3.28. The molecule has 3 aromatic rings. The van der Waals surface area contributed by atoms with Crippen LogP contribution < -0.4 is 0 Å². The van der Waals surface area contributed by atoms with Crippen LogP contribution in [0.4, 0.5) is 0 Å². The second-order valence-electron chi connectivity index (χ2n) is 6.99. The number of benzene rings is 2. The van der Waals surface area contributed by atoms with Crippen LogP contribution in [0.3, 0.4) is 0 Å². The number of ether oxygens (including phenoxy) is 2. The van der Waals surface area contributed by atoms with E-state index in [-0.39, 0.29) is 0 Å². The molecule has 2 heterocycles. The first-order valence-electron chi connectivity index (χ1n) is 9.30. The molecule has 1 saturated carbocycles. The highest BCUT2D eigenvalue weighted by Gasteiger charge is 2.43. The lowest BCUT2D eigenvalue weighted by molar-refractivity contribution is -0.0818. The Morgan fingerprint density at radius 1 is 0.963 bits per heavy atom. The molecule has 1 aliphatic heterocycles. The Hall–Kier alpha value is -2.15. The molecule has 2 aliphatic rings. The Morgan fingerprint density at radius 2 is 1.67 bits per heavy atom. The van der Waals surface area contributed by atoms with Crippen molar-refractivity contribution >= 4 is 11.8 Å². The Kier molecular flexibility index (Phi) is 4.27. The summed E-state index contributed by atoms with van der Waals surface area (Å²) in [5, 5.41) is 9.04. The van der Waals surface area contributed by atoms with Crippen LogP contribution in [0, 0.1) is 6.92 Å². The fraction of sp³-hybridized carbons (Fsp3) is 0.333. The Labute approximate surface area is 162 Å². The smallest absolute Gasteiger partial charge is 0.253 e. The van der Waals surface area contributed by atoms with Gasteiger partial charge in [0, 0.05) is 17.2 Å². The molecule has 5 nitrogen and oxygen atoms in total. The summed E-state index contributed by atoms with van der Waals surface area (Å²) in [5.41, 5.74) is 3.32. The van der Waals surface area contributed by atoms with Gasteiger partial charge in [0.05, 0.1) is 13.2 Å². The molecule has 1 aromatic heterocycles. The van der Waals surface area contributed by atoms with Gasteiger partial charge in [0.15, 0.2) is 11.0 Å². The van der Waals surface area contributed by atoms with Crippen LogP contribution in [-0.4, -0.2) is 28.0 Å². The first-order valence-corrected chi connectivity index (χ1v) is 10.1. The SMILES string of the molecule is Cc1ccc(-c2nnc(SC3(c4ccccc4)OCCO3)n2C2CC2)cc1. The average molecular weight is 379 g/mol. The molecule has 1 aliphatic carbocycles. The van der Waals surface area contributed by atoms with E-state index in [0.29, 0.717) is 19.3 Å². The second kappa shape index (κ2) is 6.78. The van der Waals surface area contributed by atoms with Crippen molar-refractivity contribution in [2.24, 2.45) is 0 Å². The third-order valence-corrected chi connectivity index (χ3v) is 6.11. The van der Waals surface area contributed by atoms with Crippen LogP contribution in [0.1, 0.15) is 30.0 Å². The van der Waals surface area contributed by atoms with Crippen molar-refractivity contribution in [3.63, 3.8) is 0 Å². The molecule has 27 heavy (non-hydrogen) atoms. The molecule has 5 rings (SSSR count). The molecular formula is C21H21N3O2S. The monoisotopic (exact) mass is 379 g/mol. The van der Waals surface area contributed by atoms with Crippen LogP contribution in [-0.2, 0) is 14.6 Å². The largest absolute Gasteiger partial charge is 0.335 e. The van der Waals surface area contributed by atoms with Crippen molar-refractivity contribution in [1.82, 2.24) is 14.8 Å². The number of hydrogen-bond acceptors (Lipinski definition) is 5. The molecule has 0 atom stereocenters. The summed E-state index contributed by atoms with van der Waals surface area (Å²) in [5.74, 6) is 0.918. The highest BCUT2D eigenvalue weighted by molar-refractivity contribution is 7.99. The van der Waals surface area contributed by atoms with Gasteiger partial charge in [-0.3, -0.25) is 4.57 Å². The van der Waals surface area contributed by atoms with E-state index in [1.165, 1.54) is 17.3 Å². The first-order chi connectivity index (χ1) is 13.3. The van der Waals surface area contributed by atoms with Gasteiger partial charge in [0.2, 0.25) is 0 Å². The summed E-state index contributed by atoms with van der Waals surface area (Å²) in [7, 11) is 0. The molecule has 1 saturated heterocycles. The molecule has 0 unspecified atom stereocenters. The van der Waals surface area contributed by atoms with Crippen molar-refractivity contribution in [2.45, 2.75) is 36.1 Å². The molecule has 2 fully saturated rings. The minimum Gasteiger partial charge on any atom is -0.335 e. The topological polar surface area (TPSA) is 49.2 Å². The van der Waals surface area contributed by atoms with Crippen molar-refractivity contribution in [2.75, 3.05) is 13.2 Å². The summed E-state index contributed by atoms with van der Waals surface area (Å²) in [6.45, 7) is 3.24. The van der Waals surface area contributed by atoms with E-state index < -0.39 is 5.12 Å². The van der Waals surface area contributed by atoms with Crippen LogP contribution in [0.5, 0.6) is 0 Å². The first kappa shape index (κ1) is 17.0. The summed E-state index contributed by atoms with van der Waals surface area (Å²) < 4.78 is 14.4. The highest BCUT2D eigenvalue weighted by atomic mass is 32.2. The third-order valence-electron chi connectivity index (χ3n) is 4.91. The third kappa shape index (κ3) is 3.18. The van der Waals surface area contributed by atoms with Crippen LogP contribution in [0.2, 0.25) is 0 Å². The summed E-state index contributed by atoms with van der Waals surface area (Å²) >= 11 is 1.51. The number of nitrogens with zero attached hydrogens (tertiary/aromatic N) is 3. The van der Waals surface area contributed by atoms with Gasteiger partial charge in [-0.2, -0.15) is 0 Å². The molecule has 0 N–H and O–H groups in total. The summed E-state index contributed by atoms with van der Waals surface area (Å²) in [6.07, 6.45) is 2.31. The van der Waals surface area contributed by atoms with Gasteiger partial charge in [0.1, 0.15) is 0 Å². The van der Waals surface area contributed by atoms with Gasteiger partial charge in [-0.1, -0.05) is 60.2 Å². The zero-order valence-corrected chi connectivity index (χ0v) is 16.0. The fourth-order valence-corrected chi connectivity index (χ4v) is 4.54. The lowest BCUT2D eigenvalue weighted by atomic mass is 10.1. The number of thioether (sulfide) groups is 1.